The summed E-state index contributed by atoms with van der Waals surface area (Å²) in [6, 6.07) is 5.96. The molecule has 0 saturated carbocycles. The van der Waals surface area contributed by atoms with Crippen LogP contribution in [0, 0.1) is 0 Å². The van der Waals surface area contributed by atoms with Crippen LogP contribution in [0.2, 0.25) is 0 Å². The molecule has 1 saturated heterocycles. The van der Waals surface area contributed by atoms with E-state index < -0.39 is 23.6 Å². The Bertz CT molecular complexity index is 615. The van der Waals surface area contributed by atoms with Crippen molar-refractivity contribution in [1.82, 2.24) is 15.5 Å². The van der Waals surface area contributed by atoms with E-state index in [9.17, 15) is 14.4 Å². The van der Waals surface area contributed by atoms with Crippen molar-refractivity contribution in [2.24, 2.45) is 0 Å². The molecule has 1 atom stereocenters. The first kappa shape index (κ1) is 12.5. The number of carbonyl (C=O) groups excluding carboxylic acids is 3. The molecule has 20 heavy (non-hydrogen) atoms. The average molecular weight is 274 g/mol. The van der Waals surface area contributed by atoms with Crippen LogP contribution in [0.25, 0.3) is 0 Å². The monoisotopic (exact) mass is 274 g/mol. The first-order valence-corrected chi connectivity index (χ1v) is 6.41. The molecule has 0 bridgehead atoms. The van der Waals surface area contributed by atoms with Gasteiger partial charge in [-0.25, -0.2) is 9.59 Å². The number of anilines is 1. The van der Waals surface area contributed by atoms with Crippen LogP contribution < -0.4 is 16.0 Å². The van der Waals surface area contributed by atoms with Gasteiger partial charge in [0, 0.05) is 12.1 Å². The van der Waals surface area contributed by atoms with E-state index >= 15 is 0 Å². The maximum absolute atomic E-state index is 12.3. The van der Waals surface area contributed by atoms with Gasteiger partial charge in [0.1, 0.15) is 0 Å². The normalized spacial score (nSPS) is 24.2. The Kier molecular flexibility index (Phi) is 2.63. The number of hydrogen-bond donors (Lipinski definition) is 3. The number of hydrogen-bond acceptors (Lipinski definition) is 3. The van der Waals surface area contributed by atoms with Gasteiger partial charge in [-0.1, -0.05) is 25.1 Å². The van der Waals surface area contributed by atoms with Crippen molar-refractivity contribution in [3.05, 3.63) is 29.8 Å². The van der Waals surface area contributed by atoms with E-state index in [-0.39, 0.29) is 0 Å². The minimum Gasteiger partial charge on any atom is -0.307 e. The summed E-state index contributed by atoms with van der Waals surface area (Å²) in [5.41, 5.74) is -0.356. The first-order chi connectivity index (χ1) is 9.59. The fourth-order valence-electron chi connectivity index (χ4n) is 2.71. The number of nitrogens with one attached hydrogen (secondary N) is 3. The Labute approximate surface area is 115 Å². The molecule has 2 aliphatic rings. The smallest absolute Gasteiger partial charge is 0.307 e. The molecule has 3 N–H and O–H groups in total. The quantitative estimate of drug-likeness (QED) is 0.701. The van der Waals surface area contributed by atoms with Crippen LogP contribution in [0.4, 0.5) is 15.3 Å². The molecule has 104 valence electrons. The van der Waals surface area contributed by atoms with Crippen LogP contribution >= 0.6 is 0 Å². The van der Waals surface area contributed by atoms with Gasteiger partial charge in [0.2, 0.25) is 5.66 Å². The van der Waals surface area contributed by atoms with Crippen molar-refractivity contribution in [3.63, 3.8) is 0 Å². The second kappa shape index (κ2) is 4.22. The molecule has 5 amide bonds. The zero-order valence-electron chi connectivity index (χ0n) is 10.9. The summed E-state index contributed by atoms with van der Waals surface area (Å²) in [6.07, 6.45) is 0.667. The zero-order valence-corrected chi connectivity index (χ0v) is 10.9. The van der Waals surface area contributed by atoms with Crippen LogP contribution in [0.5, 0.6) is 0 Å². The van der Waals surface area contributed by atoms with Gasteiger partial charge in [0.15, 0.2) is 0 Å². The molecule has 1 unspecified atom stereocenters. The summed E-state index contributed by atoms with van der Waals surface area (Å²) < 4.78 is 0. The van der Waals surface area contributed by atoms with E-state index in [1.807, 2.05) is 6.92 Å². The molecule has 1 fully saturated rings. The lowest BCUT2D eigenvalue weighted by Crippen LogP contribution is -2.63. The molecule has 3 rings (SSSR count). The van der Waals surface area contributed by atoms with Crippen molar-refractivity contribution in [2.75, 3.05) is 11.9 Å². The Morgan fingerprint density at radius 2 is 1.90 bits per heavy atom. The fourth-order valence-corrected chi connectivity index (χ4v) is 2.71. The van der Waals surface area contributed by atoms with E-state index in [2.05, 4.69) is 16.0 Å². The molecule has 2 aliphatic heterocycles. The number of para-hydroxylation sites is 1. The topological polar surface area (TPSA) is 90.5 Å². The number of amides is 5. The molecule has 0 aliphatic carbocycles. The number of fused-ring (bicyclic) bond motifs is 2. The molecular formula is C13H14N4O3. The number of rotatable bonds is 2. The molecule has 2 heterocycles. The van der Waals surface area contributed by atoms with Gasteiger partial charge in [-0.15, -0.1) is 0 Å². The zero-order chi connectivity index (χ0) is 14.3. The summed E-state index contributed by atoms with van der Waals surface area (Å²) in [5.74, 6) is -0.529. The Morgan fingerprint density at radius 1 is 1.15 bits per heavy atom. The SMILES string of the molecule is CCCN1C(=O)Nc2ccccc2C12NC(=O)NC2=O. The molecule has 0 aromatic heterocycles. The Morgan fingerprint density at radius 3 is 2.55 bits per heavy atom. The van der Waals surface area contributed by atoms with E-state index in [1.165, 1.54) is 4.90 Å². The molecule has 0 radical (unpaired) electrons. The lowest BCUT2D eigenvalue weighted by Gasteiger charge is -2.42. The standard InChI is InChI=1S/C13H14N4O3/c1-2-7-17-12(20)14-9-6-4-3-5-8(9)13(17)10(18)15-11(19)16-13/h3-6H,2,7H2,1H3,(H,14,20)(H2,15,16,18,19). The maximum atomic E-state index is 12.3. The summed E-state index contributed by atoms with van der Waals surface area (Å²) in [6.45, 7) is 2.25. The average Bonchev–Trinajstić information content (AvgIpc) is 2.71. The number of benzene rings is 1. The van der Waals surface area contributed by atoms with E-state index in [0.29, 0.717) is 24.2 Å². The molecule has 1 aromatic rings. The molecule has 1 aromatic carbocycles. The number of nitrogens with zero attached hydrogens (tertiary/aromatic N) is 1. The minimum atomic E-state index is -1.45. The molecule has 7 nitrogen and oxygen atoms in total. The van der Waals surface area contributed by atoms with Gasteiger partial charge in [-0.2, -0.15) is 0 Å². The van der Waals surface area contributed by atoms with Crippen molar-refractivity contribution in [3.8, 4) is 0 Å². The Hall–Kier alpha value is -2.57. The number of imide groups is 1. The summed E-state index contributed by atoms with van der Waals surface area (Å²) in [4.78, 5) is 37.5. The van der Waals surface area contributed by atoms with Crippen LogP contribution in [0.3, 0.4) is 0 Å². The number of carbonyl (C=O) groups is 3. The summed E-state index contributed by atoms with van der Waals surface area (Å²) in [7, 11) is 0. The van der Waals surface area contributed by atoms with Gasteiger partial charge in [-0.3, -0.25) is 15.0 Å². The van der Waals surface area contributed by atoms with Crippen LogP contribution in [-0.2, 0) is 10.5 Å². The maximum Gasteiger partial charge on any atom is 0.324 e. The lowest BCUT2D eigenvalue weighted by molar-refractivity contribution is -0.129. The van der Waals surface area contributed by atoms with Gasteiger partial charge < -0.3 is 10.6 Å². The molecular weight excluding hydrogens is 260 g/mol. The predicted molar refractivity (Wildman–Crippen MR) is 70.8 cm³/mol. The number of urea groups is 2. The summed E-state index contributed by atoms with van der Waals surface area (Å²) in [5, 5.41) is 7.56. The van der Waals surface area contributed by atoms with Gasteiger partial charge >= 0.3 is 12.1 Å². The highest BCUT2D eigenvalue weighted by Crippen LogP contribution is 2.38. The van der Waals surface area contributed by atoms with E-state index in [1.54, 1.807) is 24.3 Å². The Balaban J connectivity index is 2.22. The van der Waals surface area contributed by atoms with Gasteiger partial charge in [0.25, 0.3) is 5.91 Å². The third-order valence-electron chi connectivity index (χ3n) is 3.51. The second-order valence-corrected chi connectivity index (χ2v) is 4.75. The minimum absolute atomic E-state index is 0.355. The van der Waals surface area contributed by atoms with Crippen LogP contribution in [0.1, 0.15) is 18.9 Å². The summed E-state index contributed by atoms with van der Waals surface area (Å²) >= 11 is 0. The highest BCUT2D eigenvalue weighted by atomic mass is 16.2. The van der Waals surface area contributed by atoms with E-state index in [4.69, 9.17) is 0 Å². The highest BCUT2D eigenvalue weighted by molar-refractivity contribution is 6.11. The van der Waals surface area contributed by atoms with Crippen molar-refractivity contribution in [2.45, 2.75) is 19.0 Å². The van der Waals surface area contributed by atoms with Crippen LogP contribution in [-0.4, -0.2) is 29.4 Å². The third kappa shape index (κ3) is 1.49. The fraction of sp³-hybridized carbons (Fsp3) is 0.308. The van der Waals surface area contributed by atoms with Gasteiger partial charge in [0.05, 0.1) is 5.69 Å². The van der Waals surface area contributed by atoms with Crippen molar-refractivity contribution >= 4 is 23.7 Å². The van der Waals surface area contributed by atoms with E-state index in [0.717, 1.165) is 0 Å². The van der Waals surface area contributed by atoms with Gasteiger partial charge in [-0.05, 0) is 12.5 Å². The molecule has 1 spiro atoms. The second-order valence-electron chi connectivity index (χ2n) is 4.75. The first-order valence-electron chi connectivity index (χ1n) is 6.41. The predicted octanol–water partition coefficient (Wildman–Crippen LogP) is 0.936. The lowest BCUT2D eigenvalue weighted by atomic mass is 9.93. The largest absolute Gasteiger partial charge is 0.324 e. The third-order valence-corrected chi connectivity index (χ3v) is 3.51. The van der Waals surface area contributed by atoms with Crippen molar-refractivity contribution in [1.29, 1.82) is 0 Å². The van der Waals surface area contributed by atoms with Crippen molar-refractivity contribution < 1.29 is 14.4 Å². The molecule has 7 heteroatoms. The van der Waals surface area contributed by atoms with Crippen LogP contribution in [0.15, 0.2) is 24.3 Å². The highest BCUT2D eigenvalue weighted by Gasteiger charge is 2.57.